The molecule has 0 heterocycles. The normalized spacial score (nSPS) is 24.2. The summed E-state index contributed by atoms with van der Waals surface area (Å²) in [6.45, 7) is 0. The quantitative estimate of drug-likeness (QED) is 0.700. The van der Waals surface area contributed by atoms with Crippen molar-refractivity contribution in [2.24, 2.45) is 5.73 Å². The van der Waals surface area contributed by atoms with Crippen LogP contribution in [0.15, 0.2) is 11.0 Å². The van der Waals surface area contributed by atoms with Crippen LogP contribution >= 0.6 is 12.4 Å². The van der Waals surface area contributed by atoms with Crippen molar-refractivity contribution in [3.63, 3.8) is 0 Å². The molecule has 0 aromatic carbocycles. The summed E-state index contributed by atoms with van der Waals surface area (Å²) in [7, 11) is -2.94. The van der Waals surface area contributed by atoms with Gasteiger partial charge >= 0.3 is 0 Å². The van der Waals surface area contributed by atoms with Gasteiger partial charge in [0.25, 0.3) is 0 Å². The number of halogens is 1. The summed E-state index contributed by atoms with van der Waals surface area (Å²) in [5.41, 5.74) is 5.60. The van der Waals surface area contributed by atoms with E-state index in [1.165, 1.54) is 6.26 Å². The third kappa shape index (κ3) is 3.13. The zero-order chi connectivity index (χ0) is 8.48. The van der Waals surface area contributed by atoms with Gasteiger partial charge < -0.3 is 5.73 Å². The molecule has 12 heavy (non-hydrogen) atoms. The first-order valence-corrected chi connectivity index (χ1v) is 5.54. The van der Waals surface area contributed by atoms with E-state index in [0.717, 1.165) is 6.42 Å². The molecule has 3 nitrogen and oxygen atoms in total. The molecule has 0 spiro atoms. The first kappa shape index (κ1) is 11.9. The van der Waals surface area contributed by atoms with Crippen LogP contribution in [0.25, 0.3) is 0 Å². The molecule has 0 saturated carbocycles. The van der Waals surface area contributed by atoms with Crippen molar-refractivity contribution in [1.82, 2.24) is 0 Å². The minimum atomic E-state index is -2.94. The summed E-state index contributed by atoms with van der Waals surface area (Å²) in [5.74, 6) is 0. The molecule has 0 aromatic rings. The molecule has 1 unspecified atom stereocenters. The summed E-state index contributed by atoms with van der Waals surface area (Å²) in [6.07, 6.45) is 5.08. The van der Waals surface area contributed by atoms with Crippen molar-refractivity contribution in [2.75, 3.05) is 6.26 Å². The summed E-state index contributed by atoms with van der Waals surface area (Å²) in [5, 5.41) is 0. The Morgan fingerprint density at radius 3 is 2.50 bits per heavy atom. The zero-order valence-electron chi connectivity index (χ0n) is 6.99. The molecule has 0 radical (unpaired) electrons. The SMILES string of the molecule is CS(=O)(=O)C1=CCC(N)CC1.Cl. The Morgan fingerprint density at radius 1 is 1.58 bits per heavy atom. The second-order valence-electron chi connectivity index (χ2n) is 2.98. The van der Waals surface area contributed by atoms with Crippen molar-refractivity contribution < 1.29 is 8.42 Å². The number of rotatable bonds is 1. The Kier molecular flexibility index (Phi) is 4.23. The van der Waals surface area contributed by atoms with Gasteiger partial charge in [0, 0.05) is 17.2 Å². The van der Waals surface area contributed by atoms with Crippen molar-refractivity contribution in [3.05, 3.63) is 11.0 Å². The van der Waals surface area contributed by atoms with Crippen LogP contribution in [0.3, 0.4) is 0 Å². The van der Waals surface area contributed by atoms with E-state index >= 15 is 0 Å². The van der Waals surface area contributed by atoms with Crippen LogP contribution in [-0.4, -0.2) is 20.7 Å². The van der Waals surface area contributed by atoms with Crippen LogP contribution in [0.2, 0.25) is 0 Å². The van der Waals surface area contributed by atoms with E-state index in [-0.39, 0.29) is 18.4 Å². The lowest BCUT2D eigenvalue weighted by Gasteiger charge is -2.16. The number of hydrogen-bond acceptors (Lipinski definition) is 3. The Morgan fingerprint density at radius 2 is 2.17 bits per heavy atom. The Balaban J connectivity index is 0.00000121. The second-order valence-corrected chi connectivity index (χ2v) is 5.05. The van der Waals surface area contributed by atoms with E-state index in [1.54, 1.807) is 6.08 Å². The summed E-state index contributed by atoms with van der Waals surface area (Å²) in [4.78, 5) is 0.555. The number of nitrogens with two attached hydrogens (primary N) is 1. The highest BCUT2D eigenvalue weighted by Gasteiger charge is 2.16. The minimum Gasteiger partial charge on any atom is -0.327 e. The molecule has 1 aliphatic rings. The molecule has 0 amide bonds. The minimum absolute atomic E-state index is 0. The number of hydrogen-bond donors (Lipinski definition) is 1. The van der Waals surface area contributed by atoms with Gasteiger partial charge in [-0.05, 0) is 19.3 Å². The maximum atomic E-state index is 11.0. The average molecular weight is 212 g/mol. The predicted octanol–water partition coefficient (Wildman–Crippen LogP) is 0.848. The van der Waals surface area contributed by atoms with Crippen LogP contribution in [0.5, 0.6) is 0 Å². The number of allylic oxidation sites excluding steroid dienone is 1. The predicted molar refractivity (Wildman–Crippen MR) is 52.0 cm³/mol. The maximum Gasteiger partial charge on any atom is 0.171 e. The Bertz CT molecular complexity index is 271. The van der Waals surface area contributed by atoms with Crippen LogP contribution in [0, 0.1) is 0 Å². The first-order chi connectivity index (χ1) is 5.00. The Labute approximate surface area is 79.4 Å². The lowest BCUT2D eigenvalue weighted by molar-refractivity contribution is 0.580. The van der Waals surface area contributed by atoms with Crippen LogP contribution < -0.4 is 5.73 Å². The van der Waals surface area contributed by atoms with Crippen LogP contribution in [-0.2, 0) is 9.84 Å². The molecule has 0 fully saturated rings. The highest BCUT2D eigenvalue weighted by molar-refractivity contribution is 7.94. The monoisotopic (exact) mass is 211 g/mol. The molecule has 0 saturated heterocycles. The largest absolute Gasteiger partial charge is 0.327 e. The molecule has 1 atom stereocenters. The fourth-order valence-electron chi connectivity index (χ4n) is 1.17. The second kappa shape index (κ2) is 4.25. The van der Waals surface area contributed by atoms with Gasteiger partial charge in [-0.3, -0.25) is 0 Å². The van der Waals surface area contributed by atoms with Crippen LogP contribution in [0.1, 0.15) is 19.3 Å². The molecule has 0 bridgehead atoms. The van der Waals surface area contributed by atoms with Gasteiger partial charge in [0.15, 0.2) is 9.84 Å². The molecule has 5 heteroatoms. The van der Waals surface area contributed by atoms with Crippen molar-refractivity contribution in [1.29, 1.82) is 0 Å². The standard InChI is InChI=1S/C7H13NO2S.ClH/c1-11(9,10)7-4-2-6(8)3-5-7;/h4,6H,2-3,5,8H2,1H3;1H. The third-order valence-electron chi connectivity index (χ3n) is 1.89. The van der Waals surface area contributed by atoms with Gasteiger partial charge in [-0.2, -0.15) is 0 Å². The summed E-state index contributed by atoms with van der Waals surface area (Å²) >= 11 is 0. The van der Waals surface area contributed by atoms with Gasteiger partial charge in [0.1, 0.15) is 0 Å². The molecule has 1 aliphatic carbocycles. The molecular formula is C7H14ClNO2S. The van der Waals surface area contributed by atoms with Crippen molar-refractivity contribution in [3.8, 4) is 0 Å². The van der Waals surface area contributed by atoms with Gasteiger partial charge in [0.05, 0.1) is 0 Å². The van der Waals surface area contributed by atoms with E-state index < -0.39 is 9.84 Å². The van der Waals surface area contributed by atoms with E-state index in [4.69, 9.17) is 5.73 Å². The highest BCUT2D eigenvalue weighted by atomic mass is 35.5. The number of sulfone groups is 1. The third-order valence-corrected chi connectivity index (χ3v) is 3.21. The smallest absolute Gasteiger partial charge is 0.171 e. The topological polar surface area (TPSA) is 60.2 Å². The summed E-state index contributed by atoms with van der Waals surface area (Å²) < 4.78 is 22.0. The molecular weight excluding hydrogens is 198 g/mol. The van der Waals surface area contributed by atoms with E-state index in [1.807, 2.05) is 0 Å². The molecule has 0 aliphatic heterocycles. The van der Waals surface area contributed by atoms with Gasteiger partial charge in [-0.15, -0.1) is 12.4 Å². The van der Waals surface area contributed by atoms with Crippen molar-refractivity contribution in [2.45, 2.75) is 25.3 Å². The molecule has 1 rings (SSSR count). The fourth-order valence-corrected chi connectivity index (χ4v) is 2.05. The van der Waals surface area contributed by atoms with Gasteiger partial charge in [0.2, 0.25) is 0 Å². The lowest BCUT2D eigenvalue weighted by atomic mass is 10.0. The van der Waals surface area contributed by atoms with Gasteiger partial charge in [-0.25, -0.2) is 8.42 Å². The highest BCUT2D eigenvalue weighted by Crippen LogP contribution is 2.20. The average Bonchev–Trinajstić information content (AvgIpc) is 1.86. The zero-order valence-corrected chi connectivity index (χ0v) is 8.62. The molecule has 2 N–H and O–H groups in total. The Hall–Kier alpha value is -0.0600. The molecule has 72 valence electrons. The first-order valence-electron chi connectivity index (χ1n) is 3.65. The molecule has 0 aromatic heterocycles. The fraction of sp³-hybridized carbons (Fsp3) is 0.714. The van der Waals surface area contributed by atoms with E-state index in [9.17, 15) is 8.42 Å². The van der Waals surface area contributed by atoms with E-state index in [0.29, 0.717) is 17.7 Å². The maximum absolute atomic E-state index is 11.0. The van der Waals surface area contributed by atoms with Crippen molar-refractivity contribution >= 4 is 22.2 Å². The summed E-state index contributed by atoms with van der Waals surface area (Å²) in [6, 6.07) is 0.153. The lowest BCUT2D eigenvalue weighted by Crippen LogP contribution is -2.23. The van der Waals surface area contributed by atoms with Gasteiger partial charge in [-0.1, -0.05) is 6.08 Å². The van der Waals surface area contributed by atoms with Crippen LogP contribution in [0.4, 0.5) is 0 Å². The van der Waals surface area contributed by atoms with E-state index in [2.05, 4.69) is 0 Å².